The van der Waals surface area contributed by atoms with Gasteiger partial charge in [0, 0.05) is 21.8 Å². The summed E-state index contributed by atoms with van der Waals surface area (Å²) in [6.07, 6.45) is 4.45. The Morgan fingerprint density at radius 2 is 1.68 bits per heavy atom. The summed E-state index contributed by atoms with van der Waals surface area (Å²) < 4.78 is 6.95. The van der Waals surface area contributed by atoms with Gasteiger partial charge in [-0.15, -0.1) is 0 Å². The zero-order valence-electron chi connectivity index (χ0n) is 20.7. The molecular weight excluding hydrogens is 482 g/mol. The first-order valence-corrected chi connectivity index (χ1v) is 13.0. The van der Waals surface area contributed by atoms with Crippen molar-refractivity contribution in [2.24, 2.45) is 0 Å². The van der Waals surface area contributed by atoms with E-state index < -0.39 is 0 Å². The third-order valence-electron chi connectivity index (χ3n) is 5.89. The molecule has 186 valence electrons. The largest absolute Gasteiger partial charge is 0.496 e. The molecule has 2 aromatic heterocycles. The van der Waals surface area contributed by atoms with Crippen molar-refractivity contribution >= 4 is 29.3 Å². The minimum atomic E-state index is -0.321. The van der Waals surface area contributed by atoms with Crippen LogP contribution in [-0.2, 0) is 6.42 Å². The molecule has 5 aromatic rings. The molecule has 0 aliphatic carbocycles. The van der Waals surface area contributed by atoms with Gasteiger partial charge in [0.15, 0.2) is 5.65 Å². The molecule has 5 rings (SSSR count). The molecule has 1 amide bonds. The van der Waals surface area contributed by atoms with E-state index in [0.717, 1.165) is 28.9 Å². The number of nitrogens with one attached hydrogen (secondary N) is 1. The molecule has 0 aliphatic rings. The first-order valence-electron chi connectivity index (χ1n) is 12.2. The molecule has 0 atom stereocenters. The number of aryl methyl sites for hydroxylation is 1. The lowest BCUT2D eigenvalue weighted by Gasteiger charge is -2.11. The van der Waals surface area contributed by atoms with E-state index in [2.05, 4.69) is 58.7 Å². The van der Waals surface area contributed by atoms with E-state index in [1.54, 1.807) is 47.8 Å². The highest BCUT2D eigenvalue weighted by atomic mass is 32.2. The highest BCUT2D eigenvalue weighted by molar-refractivity contribution is 7.99. The molecule has 8 heteroatoms. The van der Waals surface area contributed by atoms with Crippen molar-refractivity contribution in [3.05, 3.63) is 96.4 Å². The van der Waals surface area contributed by atoms with Crippen molar-refractivity contribution in [3.8, 4) is 16.9 Å². The van der Waals surface area contributed by atoms with Crippen molar-refractivity contribution < 1.29 is 9.53 Å². The lowest BCUT2D eigenvalue weighted by molar-refractivity contribution is 0.102. The summed E-state index contributed by atoms with van der Waals surface area (Å²) in [6, 6.07) is 25.7. The molecule has 0 fully saturated rings. The average molecular weight is 510 g/mol. The topological polar surface area (TPSA) is 81.4 Å². The number of hydrogen-bond donors (Lipinski definition) is 1. The van der Waals surface area contributed by atoms with Gasteiger partial charge in [0.2, 0.25) is 5.95 Å². The number of hydrogen-bond acceptors (Lipinski definition) is 6. The molecule has 2 heterocycles. The lowest BCUT2D eigenvalue weighted by Crippen LogP contribution is -2.18. The molecule has 1 N–H and O–H groups in total. The number of aromatic nitrogens is 4. The van der Waals surface area contributed by atoms with Gasteiger partial charge in [-0.3, -0.25) is 10.1 Å². The zero-order valence-corrected chi connectivity index (χ0v) is 21.5. The standard InChI is InChI=1S/C29H27N5O2S/c1-3-4-14-26-31-27-24(20-15-17-22(18-16-20)37-21-10-6-5-7-11-21)19-30-34(27)29(32-26)33-28(35)23-12-8-9-13-25(23)36-2/h5-13,15-19H,3-4,14H2,1-2H3,(H,31,32,33,35). The second kappa shape index (κ2) is 11.3. The van der Waals surface area contributed by atoms with E-state index in [1.165, 1.54) is 4.90 Å². The Balaban J connectivity index is 1.49. The maximum absolute atomic E-state index is 13.1. The Hall–Kier alpha value is -4.17. The first-order chi connectivity index (χ1) is 18.2. The minimum absolute atomic E-state index is 0.321. The summed E-state index contributed by atoms with van der Waals surface area (Å²) in [5, 5.41) is 7.46. The summed E-state index contributed by atoms with van der Waals surface area (Å²) in [5.41, 5.74) is 2.95. The number of rotatable bonds is 9. The van der Waals surface area contributed by atoms with Crippen LogP contribution in [0.25, 0.3) is 16.8 Å². The van der Waals surface area contributed by atoms with Gasteiger partial charge in [-0.2, -0.15) is 14.6 Å². The van der Waals surface area contributed by atoms with Crippen LogP contribution < -0.4 is 10.1 Å². The molecule has 0 bridgehead atoms. The number of amides is 1. The number of methoxy groups -OCH3 is 1. The zero-order chi connectivity index (χ0) is 25.6. The average Bonchev–Trinajstić information content (AvgIpc) is 3.37. The van der Waals surface area contributed by atoms with Gasteiger partial charge in [0.05, 0.1) is 18.9 Å². The molecule has 0 spiro atoms. The van der Waals surface area contributed by atoms with E-state index in [9.17, 15) is 4.79 Å². The summed E-state index contributed by atoms with van der Waals surface area (Å²) >= 11 is 1.71. The number of benzene rings is 3. The Morgan fingerprint density at radius 3 is 2.43 bits per heavy atom. The van der Waals surface area contributed by atoms with Gasteiger partial charge in [-0.05, 0) is 48.4 Å². The van der Waals surface area contributed by atoms with Crippen molar-refractivity contribution in [1.82, 2.24) is 19.6 Å². The number of unbranched alkanes of at least 4 members (excludes halogenated alkanes) is 1. The predicted octanol–water partition coefficient (Wildman–Crippen LogP) is 6.55. The number of carbonyl (C=O) groups is 1. The molecule has 0 aliphatic heterocycles. The number of ether oxygens (including phenoxy) is 1. The van der Waals surface area contributed by atoms with Gasteiger partial charge < -0.3 is 4.74 Å². The fraction of sp³-hybridized carbons (Fsp3) is 0.172. The Morgan fingerprint density at radius 1 is 0.946 bits per heavy atom. The summed E-state index contributed by atoms with van der Waals surface area (Å²) in [4.78, 5) is 24.9. The normalized spacial score (nSPS) is 11.0. The van der Waals surface area contributed by atoms with E-state index in [4.69, 9.17) is 9.72 Å². The molecule has 0 radical (unpaired) electrons. The van der Waals surface area contributed by atoms with Crippen LogP contribution >= 0.6 is 11.8 Å². The van der Waals surface area contributed by atoms with Crippen LogP contribution in [0, 0.1) is 0 Å². The number of nitrogens with zero attached hydrogens (tertiary/aromatic N) is 4. The second-order valence-electron chi connectivity index (χ2n) is 8.45. The van der Waals surface area contributed by atoms with E-state index in [-0.39, 0.29) is 5.91 Å². The van der Waals surface area contributed by atoms with Gasteiger partial charge in [0.25, 0.3) is 5.91 Å². The quantitative estimate of drug-likeness (QED) is 0.243. The third kappa shape index (κ3) is 5.49. The summed E-state index contributed by atoms with van der Waals surface area (Å²) in [7, 11) is 1.54. The van der Waals surface area contributed by atoms with Crippen LogP contribution in [0.4, 0.5) is 5.95 Å². The molecular formula is C29H27N5O2S. The van der Waals surface area contributed by atoms with Gasteiger partial charge >= 0.3 is 0 Å². The van der Waals surface area contributed by atoms with Crippen LogP contribution in [0.2, 0.25) is 0 Å². The fourth-order valence-electron chi connectivity index (χ4n) is 3.98. The van der Waals surface area contributed by atoms with Crippen LogP contribution in [0.5, 0.6) is 5.75 Å². The van der Waals surface area contributed by atoms with Gasteiger partial charge in [-0.1, -0.05) is 67.6 Å². The predicted molar refractivity (Wildman–Crippen MR) is 146 cm³/mol. The first kappa shape index (κ1) is 24.5. The van der Waals surface area contributed by atoms with Gasteiger partial charge in [-0.25, -0.2) is 4.98 Å². The SMILES string of the molecule is CCCCc1nc(NC(=O)c2ccccc2OC)n2ncc(-c3ccc(Sc4ccccc4)cc3)c2n1. The molecule has 0 saturated carbocycles. The van der Waals surface area contributed by atoms with Crippen molar-refractivity contribution in [1.29, 1.82) is 0 Å². The lowest BCUT2D eigenvalue weighted by atomic mass is 10.1. The highest BCUT2D eigenvalue weighted by Gasteiger charge is 2.18. The van der Waals surface area contributed by atoms with Gasteiger partial charge in [0.1, 0.15) is 11.6 Å². The second-order valence-corrected chi connectivity index (χ2v) is 9.60. The maximum Gasteiger partial charge on any atom is 0.261 e. The Kier molecular flexibility index (Phi) is 7.46. The van der Waals surface area contributed by atoms with E-state index in [1.807, 2.05) is 24.3 Å². The van der Waals surface area contributed by atoms with Crippen LogP contribution in [0.15, 0.2) is 94.9 Å². The number of anilines is 1. The summed E-state index contributed by atoms with van der Waals surface area (Å²) in [6.45, 7) is 2.13. The molecule has 3 aromatic carbocycles. The minimum Gasteiger partial charge on any atom is -0.496 e. The highest BCUT2D eigenvalue weighted by Crippen LogP contribution is 2.31. The van der Waals surface area contributed by atoms with Crippen molar-refractivity contribution in [2.75, 3.05) is 12.4 Å². The van der Waals surface area contributed by atoms with Crippen LogP contribution in [0.1, 0.15) is 35.9 Å². The number of fused-ring (bicyclic) bond motifs is 1. The number of para-hydroxylation sites is 1. The Labute approximate surface area is 219 Å². The fourth-order valence-corrected chi connectivity index (χ4v) is 4.82. The van der Waals surface area contributed by atoms with E-state index >= 15 is 0 Å². The summed E-state index contributed by atoms with van der Waals surface area (Å²) in [5.74, 6) is 1.17. The Bertz CT molecular complexity index is 1520. The van der Waals surface area contributed by atoms with Crippen LogP contribution in [0.3, 0.4) is 0 Å². The van der Waals surface area contributed by atoms with E-state index in [0.29, 0.717) is 35.2 Å². The smallest absolute Gasteiger partial charge is 0.261 e. The third-order valence-corrected chi connectivity index (χ3v) is 6.91. The molecule has 0 saturated heterocycles. The monoisotopic (exact) mass is 509 g/mol. The molecule has 37 heavy (non-hydrogen) atoms. The maximum atomic E-state index is 13.1. The number of carbonyl (C=O) groups excluding carboxylic acids is 1. The van der Waals surface area contributed by atoms with Crippen molar-refractivity contribution in [2.45, 2.75) is 36.0 Å². The van der Waals surface area contributed by atoms with Crippen molar-refractivity contribution in [3.63, 3.8) is 0 Å². The molecule has 7 nitrogen and oxygen atoms in total. The van der Waals surface area contributed by atoms with Crippen LogP contribution in [-0.4, -0.2) is 32.6 Å². The molecule has 0 unspecified atom stereocenters.